The number of nitrogens with zero attached hydrogens (tertiary/aromatic N) is 4. The molecule has 4 rings (SSSR count). The van der Waals surface area contributed by atoms with Crippen molar-refractivity contribution in [3.63, 3.8) is 0 Å². The average molecular weight is 829 g/mol. The normalized spacial score (nSPS) is 19.5. The highest BCUT2D eigenvalue weighted by Crippen LogP contribution is 2.48. The number of benzene rings is 1. The number of fused-ring (bicyclic) bond motifs is 1. The zero-order chi connectivity index (χ0) is 41.6. The second-order valence-corrected chi connectivity index (χ2v) is 17.2. The molecule has 3 heterocycles. The fourth-order valence-electron chi connectivity index (χ4n) is 7.18. The Bertz CT molecular complexity index is 1740. The van der Waals surface area contributed by atoms with Crippen LogP contribution in [0.5, 0.6) is 5.75 Å². The van der Waals surface area contributed by atoms with E-state index in [1.165, 1.54) is 127 Å². The first-order chi connectivity index (χ1) is 28.1. The van der Waals surface area contributed by atoms with Crippen LogP contribution in [0.2, 0.25) is 0 Å². The minimum absolute atomic E-state index is 0.0402. The van der Waals surface area contributed by atoms with Gasteiger partial charge in [0, 0.05) is 6.42 Å². The maximum atomic E-state index is 14.2. The first kappa shape index (κ1) is 47.1. The predicted octanol–water partition coefficient (Wildman–Crippen LogP) is 9.75. The molecule has 1 aliphatic rings. The van der Waals surface area contributed by atoms with Crippen molar-refractivity contribution < 1.29 is 37.4 Å². The average Bonchev–Trinajstić information content (AvgIpc) is 3.78. The van der Waals surface area contributed by atoms with Crippen molar-refractivity contribution in [3.8, 4) is 18.1 Å². The highest BCUT2D eigenvalue weighted by molar-refractivity contribution is 7.52. The van der Waals surface area contributed by atoms with Crippen LogP contribution >= 0.6 is 7.75 Å². The van der Waals surface area contributed by atoms with Gasteiger partial charge in [-0.05, 0) is 25.5 Å². The van der Waals surface area contributed by atoms with E-state index in [4.69, 9.17) is 30.7 Å². The van der Waals surface area contributed by atoms with Gasteiger partial charge >= 0.3 is 19.8 Å². The first-order valence-electron chi connectivity index (χ1n) is 21.5. The standard InChI is InChI=1S/C43H66FN6O7P/c1-4-6-7-8-9-10-11-12-13-14-15-16-17-18-19-20-21-22-23-27-30-54-41(52)34(3)49-58(53,57-35-28-25-24-26-29-35)55-32-43(5-2)36(51)31-37(56-43)50-33-46-38-39(45)47-42(44)48-40(38)50/h2,24-26,28-29,33-34,36-37,51H,4,6-23,27,30-32H2,1,3H3,(H,49,53)(H2,45,47,48)/t34-,36-,37+,43+,58+/m0/s1. The van der Waals surface area contributed by atoms with E-state index in [1.807, 2.05) is 0 Å². The van der Waals surface area contributed by atoms with E-state index in [0.29, 0.717) is 0 Å². The third-order valence-corrected chi connectivity index (χ3v) is 12.3. The first-order valence-corrected chi connectivity index (χ1v) is 23.1. The summed E-state index contributed by atoms with van der Waals surface area (Å²) in [4.78, 5) is 24.4. The van der Waals surface area contributed by atoms with Gasteiger partial charge < -0.3 is 24.8 Å². The lowest BCUT2D eigenvalue weighted by molar-refractivity contribution is -0.145. The molecule has 5 atom stereocenters. The quantitative estimate of drug-likeness (QED) is 0.0191. The molecule has 0 radical (unpaired) electrons. The number of hydrogen-bond acceptors (Lipinski definition) is 11. The number of anilines is 1. The van der Waals surface area contributed by atoms with Gasteiger partial charge in [-0.1, -0.05) is 153 Å². The Hall–Kier alpha value is -3.60. The third kappa shape index (κ3) is 15.2. The summed E-state index contributed by atoms with van der Waals surface area (Å²) in [5.74, 6) is 1.84. The summed E-state index contributed by atoms with van der Waals surface area (Å²) in [6, 6.07) is 7.19. The van der Waals surface area contributed by atoms with E-state index in [0.717, 1.165) is 19.3 Å². The number of rotatable bonds is 30. The molecular formula is C43H66FN6O7P. The molecule has 4 N–H and O–H groups in total. The van der Waals surface area contributed by atoms with Gasteiger partial charge in [0.2, 0.25) is 0 Å². The number of imidazole rings is 1. The summed E-state index contributed by atoms with van der Waals surface area (Å²) >= 11 is 0. The molecule has 3 aromatic rings. The number of nitrogens with two attached hydrogens (primary N) is 1. The Morgan fingerprint density at radius 1 is 0.983 bits per heavy atom. The van der Waals surface area contributed by atoms with Gasteiger partial charge in [-0.25, -0.2) is 9.55 Å². The number of aliphatic hydroxyl groups is 1. The number of carbonyl (C=O) groups is 1. The number of terminal acetylenes is 1. The fraction of sp³-hybridized carbons (Fsp3) is 0.674. The van der Waals surface area contributed by atoms with Crippen molar-refractivity contribution >= 4 is 30.7 Å². The highest BCUT2D eigenvalue weighted by Gasteiger charge is 2.50. The topological polar surface area (TPSA) is 173 Å². The van der Waals surface area contributed by atoms with Crippen molar-refractivity contribution in [2.45, 2.75) is 173 Å². The van der Waals surface area contributed by atoms with Crippen LogP contribution in [-0.4, -0.2) is 61.6 Å². The Labute approximate surface area is 344 Å². The van der Waals surface area contributed by atoms with Crippen molar-refractivity contribution in [1.82, 2.24) is 24.6 Å². The molecule has 13 nitrogen and oxygen atoms in total. The lowest BCUT2D eigenvalue weighted by Crippen LogP contribution is -2.43. The molecule has 0 spiro atoms. The SMILES string of the molecule is C#C[C@]1(CO[P@](=O)(N[C@@H](C)C(=O)OCCCCCCCCCCCCCCCCCCCCCC)Oc2ccccc2)O[C@@H](n2cnc3c(N)nc(F)nc32)C[C@@H]1O. The lowest BCUT2D eigenvalue weighted by Gasteiger charge is -2.29. The maximum absolute atomic E-state index is 14.2. The van der Waals surface area contributed by atoms with Gasteiger partial charge in [0.25, 0.3) is 0 Å². The maximum Gasteiger partial charge on any atom is 0.459 e. The van der Waals surface area contributed by atoms with Gasteiger partial charge in [-0.3, -0.25) is 13.9 Å². The summed E-state index contributed by atoms with van der Waals surface area (Å²) in [5.41, 5.74) is 4.17. The molecule has 15 heteroatoms. The molecule has 0 amide bonds. The molecule has 322 valence electrons. The Balaban J connectivity index is 1.13. The number of hydrogen-bond donors (Lipinski definition) is 3. The van der Waals surface area contributed by atoms with Gasteiger partial charge in [0.1, 0.15) is 30.7 Å². The summed E-state index contributed by atoms with van der Waals surface area (Å²) < 4.78 is 52.7. The number of carbonyl (C=O) groups excluding carboxylic acids is 1. The minimum Gasteiger partial charge on any atom is -0.465 e. The van der Waals surface area contributed by atoms with E-state index in [9.17, 15) is 18.9 Å². The number of aliphatic hydroxyl groups excluding tert-OH is 1. The van der Waals surface area contributed by atoms with Crippen LogP contribution in [0.25, 0.3) is 11.2 Å². The van der Waals surface area contributed by atoms with Gasteiger partial charge in [0.05, 0.1) is 12.9 Å². The summed E-state index contributed by atoms with van der Waals surface area (Å²) in [7, 11) is -4.34. The minimum atomic E-state index is -4.34. The van der Waals surface area contributed by atoms with Crippen molar-refractivity contribution in [2.75, 3.05) is 18.9 Å². The number of nitrogens with one attached hydrogen (secondary N) is 1. The van der Waals surface area contributed by atoms with Crippen molar-refractivity contribution in [1.29, 1.82) is 0 Å². The molecule has 2 aromatic heterocycles. The van der Waals surface area contributed by atoms with Gasteiger partial charge in [-0.15, -0.1) is 6.42 Å². The van der Waals surface area contributed by atoms with E-state index in [-0.39, 0.29) is 35.8 Å². The predicted molar refractivity (Wildman–Crippen MR) is 224 cm³/mol. The molecule has 0 aliphatic carbocycles. The molecule has 1 saturated heterocycles. The van der Waals surface area contributed by atoms with Crippen LogP contribution in [0.4, 0.5) is 10.2 Å². The Kier molecular flexibility index (Phi) is 20.4. The van der Waals surface area contributed by atoms with Crippen LogP contribution < -0.4 is 15.3 Å². The van der Waals surface area contributed by atoms with Crippen LogP contribution in [0.3, 0.4) is 0 Å². The number of ether oxygens (including phenoxy) is 2. The molecule has 1 fully saturated rings. The summed E-state index contributed by atoms with van der Waals surface area (Å²) in [6.45, 7) is 3.40. The Morgan fingerprint density at radius 2 is 1.53 bits per heavy atom. The van der Waals surface area contributed by atoms with E-state index >= 15 is 0 Å². The molecule has 1 aromatic carbocycles. The second-order valence-electron chi connectivity index (χ2n) is 15.5. The monoisotopic (exact) mass is 828 g/mol. The van der Waals surface area contributed by atoms with E-state index in [1.54, 1.807) is 30.3 Å². The van der Waals surface area contributed by atoms with Crippen LogP contribution in [0, 0.1) is 18.4 Å². The summed E-state index contributed by atoms with van der Waals surface area (Å²) in [6.07, 6.45) is 29.5. The highest BCUT2D eigenvalue weighted by atomic mass is 31.2. The van der Waals surface area contributed by atoms with E-state index in [2.05, 4.69) is 32.9 Å². The number of para-hydroxylation sites is 1. The number of esters is 1. The molecule has 0 saturated carbocycles. The zero-order valence-electron chi connectivity index (χ0n) is 34.6. The number of halogens is 1. The van der Waals surface area contributed by atoms with E-state index < -0.39 is 50.4 Å². The molecule has 1 aliphatic heterocycles. The van der Waals surface area contributed by atoms with Gasteiger partial charge in [-0.2, -0.15) is 19.4 Å². The largest absolute Gasteiger partial charge is 0.465 e. The summed E-state index contributed by atoms with van der Waals surface area (Å²) in [5, 5.41) is 13.8. The lowest BCUT2D eigenvalue weighted by atomic mass is 9.99. The molecular weight excluding hydrogens is 762 g/mol. The molecule has 0 unspecified atom stereocenters. The molecule has 0 bridgehead atoms. The number of nitrogen functional groups attached to an aromatic ring is 1. The fourth-order valence-corrected chi connectivity index (χ4v) is 8.70. The Morgan fingerprint density at radius 3 is 2.09 bits per heavy atom. The van der Waals surface area contributed by atoms with Crippen molar-refractivity contribution in [2.24, 2.45) is 0 Å². The van der Waals surface area contributed by atoms with Crippen LogP contribution in [0.15, 0.2) is 36.7 Å². The molecule has 58 heavy (non-hydrogen) atoms. The number of unbranched alkanes of at least 4 members (excludes halogenated alkanes) is 19. The zero-order valence-corrected chi connectivity index (χ0v) is 35.5. The van der Waals surface area contributed by atoms with Crippen molar-refractivity contribution in [3.05, 3.63) is 42.7 Å². The second kappa shape index (κ2) is 25.1. The smallest absolute Gasteiger partial charge is 0.459 e. The van der Waals surface area contributed by atoms with Crippen LogP contribution in [0.1, 0.15) is 155 Å². The number of aromatic nitrogens is 4. The van der Waals surface area contributed by atoms with Crippen LogP contribution in [-0.2, 0) is 23.4 Å². The third-order valence-electron chi connectivity index (χ3n) is 10.7. The van der Waals surface area contributed by atoms with Gasteiger partial charge in [0.15, 0.2) is 22.6 Å².